The van der Waals surface area contributed by atoms with Crippen molar-refractivity contribution < 1.29 is 13.2 Å². The average molecular weight is 295 g/mol. The van der Waals surface area contributed by atoms with E-state index in [1.807, 2.05) is 0 Å². The molecule has 0 aliphatic heterocycles. The average Bonchev–Trinajstić information content (AvgIpc) is 2.45. The Labute approximate surface area is 118 Å². The molecule has 0 unspecified atom stereocenters. The van der Waals surface area contributed by atoms with Crippen LogP contribution in [0.3, 0.4) is 0 Å². The first-order valence-electron chi connectivity index (χ1n) is 6.58. The van der Waals surface area contributed by atoms with Crippen LogP contribution in [-0.2, 0) is 12.8 Å². The van der Waals surface area contributed by atoms with Crippen molar-refractivity contribution >= 4 is 11.6 Å². The van der Waals surface area contributed by atoms with E-state index in [4.69, 9.17) is 0 Å². The van der Waals surface area contributed by atoms with E-state index < -0.39 is 17.5 Å². The van der Waals surface area contributed by atoms with Gasteiger partial charge in [0.25, 0.3) is 5.56 Å². The quantitative estimate of drug-likeness (QED) is 0.838. The van der Waals surface area contributed by atoms with Gasteiger partial charge >= 0.3 is 0 Å². The third kappa shape index (κ3) is 2.63. The van der Waals surface area contributed by atoms with E-state index in [-0.39, 0.29) is 17.2 Å². The molecular weight excluding hydrogens is 283 g/mol. The number of rotatable bonds is 2. The predicted octanol–water partition coefficient (Wildman–Crippen LogP) is 2.81. The standard InChI is InChI=1S/C14H12F3N3O/c15-8-5-10(17)12(6-9(8)16)19-14-18-11-4-2-1-3-7(11)13(21)20-14/h5-6H,1-4H2,(H2,18,19,20,21). The second-order valence-electron chi connectivity index (χ2n) is 4.92. The van der Waals surface area contributed by atoms with Gasteiger partial charge in [-0.25, -0.2) is 18.2 Å². The Kier molecular flexibility index (Phi) is 3.40. The van der Waals surface area contributed by atoms with E-state index in [1.54, 1.807) is 0 Å². The lowest BCUT2D eigenvalue weighted by Gasteiger charge is -2.15. The number of nitrogens with one attached hydrogen (secondary N) is 2. The lowest BCUT2D eigenvalue weighted by Crippen LogP contribution is -2.22. The summed E-state index contributed by atoms with van der Waals surface area (Å²) < 4.78 is 39.6. The number of fused-ring (bicyclic) bond motifs is 1. The Bertz CT molecular complexity index is 758. The van der Waals surface area contributed by atoms with Gasteiger partial charge < -0.3 is 5.32 Å². The van der Waals surface area contributed by atoms with Gasteiger partial charge in [0.2, 0.25) is 5.95 Å². The fraction of sp³-hybridized carbons (Fsp3) is 0.286. The zero-order valence-electron chi connectivity index (χ0n) is 11.0. The van der Waals surface area contributed by atoms with E-state index >= 15 is 0 Å². The van der Waals surface area contributed by atoms with Crippen molar-refractivity contribution in [3.63, 3.8) is 0 Å². The fourth-order valence-corrected chi connectivity index (χ4v) is 2.41. The van der Waals surface area contributed by atoms with Crippen LogP contribution in [0.25, 0.3) is 0 Å². The molecule has 110 valence electrons. The number of anilines is 2. The first-order valence-corrected chi connectivity index (χ1v) is 6.58. The molecule has 0 amide bonds. The third-order valence-electron chi connectivity index (χ3n) is 3.45. The third-order valence-corrected chi connectivity index (χ3v) is 3.45. The van der Waals surface area contributed by atoms with Gasteiger partial charge in [0.1, 0.15) is 5.82 Å². The molecule has 4 nitrogen and oxygen atoms in total. The normalized spacial score (nSPS) is 13.9. The maximum Gasteiger partial charge on any atom is 0.255 e. The molecule has 1 aliphatic rings. The van der Waals surface area contributed by atoms with Crippen LogP contribution in [0, 0.1) is 17.5 Å². The minimum absolute atomic E-state index is 0.0190. The zero-order chi connectivity index (χ0) is 15.0. The molecule has 0 saturated carbocycles. The monoisotopic (exact) mass is 295 g/mol. The molecule has 21 heavy (non-hydrogen) atoms. The zero-order valence-corrected chi connectivity index (χ0v) is 11.0. The van der Waals surface area contributed by atoms with Crippen LogP contribution < -0.4 is 10.9 Å². The van der Waals surface area contributed by atoms with Crippen molar-refractivity contribution in [1.29, 1.82) is 0 Å². The lowest BCUT2D eigenvalue weighted by atomic mass is 9.97. The summed E-state index contributed by atoms with van der Waals surface area (Å²) in [6.45, 7) is 0. The summed E-state index contributed by atoms with van der Waals surface area (Å²) in [6, 6.07) is 1.12. The van der Waals surface area contributed by atoms with Crippen LogP contribution in [-0.4, -0.2) is 9.97 Å². The molecule has 1 aliphatic carbocycles. The fourth-order valence-electron chi connectivity index (χ4n) is 2.41. The Morgan fingerprint density at radius 2 is 1.76 bits per heavy atom. The number of benzene rings is 1. The van der Waals surface area contributed by atoms with Crippen LogP contribution >= 0.6 is 0 Å². The summed E-state index contributed by atoms with van der Waals surface area (Å²) in [5.74, 6) is -3.40. The number of aryl methyl sites for hydroxylation is 1. The highest BCUT2D eigenvalue weighted by Gasteiger charge is 2.16. The van der Waals surface area contributed by atoms with E-state index in [0.717, 1.165) is 12.8 Å². The molecule has 3 rings (SSSR count). The first-order chi connectivity index (χ1) is 10.0. The molecule has 1 aromatic carbocycles. The van der Waals surface area contributed by atoms with Crippen molar-refractivity contribution in [2.75, 3.05) is 5.32 Å². The van der Waals surface area contributed by atoms with Crippen LogP contribution in [0.15, 0.2) is 16.9 Å². The first kappa shape index (κ1) is 13.7. The molecule has 1 heterocycles. The number of H-pyrrole nitrogens is 1. The minimum Gasteiger partial charge on any atom is -0.323 e. The number of aromatic amines is 1. The summed E-state index contributed by atoms with van der Waals surface area (Å²) in [5, 5.41) is 2.48. The summed E-state index contributed by atoms with van der Waals surface area (Å²) in [5.41, 5.74) is 0.728. The Balaban J connectivity index is 1.97. The molecule has 0 saturated heterocycles. The van der Waals surface area contributed by atoms with Gasteiger partial charge in [0.05, 0.1) is 11.4 Å². The van der Waals surface area contributed by atoms with Crippen LogP contribution in [0.4, 0.5) is 24.8 Å². The number of halogens is 3. The molecular formula is C14H12F3N3O. The molecule has 7 heteroatoms. The number of aromatic nitrogens is 2. The van der Waals surface area contributed by atoms with Gasteiger partial charge in [-0.2, -0.15) is 0 Å². The summed E-state index contributed by atoms with van der Waals surface area (Å²) in [6.07, 6.45) is 3.20. The van der Waals surface area contributed by atoms with E-state index in [9.17, 15) is 18.0 Å². The molecule has 0 radical (unpaired) electrons. The van der Waals surface area contributed by atoms with Gasteiger partial charge in [-0.3, -0.25) is 9.78 Å². The largest absolute Gasteiger partial charge is 0.323 e. The summed E-state index contributed by atoms with van der Waals surface area (Å²) in [7, 11) is 0. The number of hydrogen-bond donors (Lipinski definition) is 2. The maximum absolute atomic E-state index is 13.6. The van der Waals surface area contributed by atoms with E-state index in [1.165, 1.54) is 0 Å². The Morgan fingerprint density at radius 1 is 1.05 bits per heavy atom. The Hall–Kier alpha value is -2.31. The SMILES string of the molecule is O=c1[nH]c(Nc2cc(F)c(F)cc2F)nc2c1CCCC2. The smallest absolute Gasteiger partial charge is 0.255 e. The van der Waals surface area contributed by atoms with Crippen molar-refractivity contribution in [2.45, 2.75) is 25.7 Å². The van der Waals surface area contributed by atoms with E-state index in [0.29, 0.717) is 36.2 Å². The van der Waals surface area contributed by atoms with Gasteiger partial charge in [0.15, 0.2) is 11.6 Å². The van der Waals surface area contributed by atoms with Gasteiger partial charge in [-0.1, -0.05) is 0 Å². The lowest BCUT2D eigenvalue weighted by molar-refractivity contribution is 0.496. The van der Waals surface area contributed by atoms with Crippen molar-refractivity contribution in [3.8, 4) is 0 Å². The summed E-state index contributed by atoms with van der Waals surface area (Å²) in [4.78, 5) is 18.6. The number of nitrogens with zero attached hydrogens (tertiary/aromatic N) is 1. The second kappa shape index (κ2) is 5.23. The number of hydrogen-bond acceptors (Lipinski definition) is 3. The molecule has 0 fully saturated rings. The van der Waals surface area contributed by atoms with Gasteiger partial charge in [-0.15, -0.1) is 0 Å². The van der Waals surface area contributed by atoms with Crippen LogP contribution in [0.5, 0.6) is 0 Å². The van der Waals surface area contributed by atoms with Crippen molar-refractivity contribution in [1.82, 2.24) is 9.97 Å². The van der Waals surface area contributed by atoms with Crippen LogP contribution in [0.2, 0.25) is 0 Å². The van der Waals surface area contributed by atoms with E-state index in [2.05, 4.69) is 15.3 Å². The topological polar surface area (TPSA) is 57.8 Å². The molecule has 0 bridgehead atoms. The molecule has 1 aromatic heterocycles. The van der Waals surface area contributed by atoms with Gasteiger partial charge in [-0.05, 0) is 25.7 Å². The Morgan fingerprint density at radius 3 is 2.57 bits per heavy atom. The molecule has 2 N–H and O–H groups in total. The summed E-state index contributed by atoms with van der Waals surface area (Å²) >= 11 is 0. The molecule has 2 aromatic rings. The highest BCUT2D eigenvalue weighted by atomic mass is 19.2. The highest BCUT2D eigenvalue weighted by Crippen LogP contribution is 2.22. The van der Waals surface area contributed by atoms with Crippen LogP contribution in [0.1, 0.15) is 24.1 Å². The van der Waals surface area contributed by atoms with Crippen molar-refractivity contribution in [2.24, 2.45) is 0 Å². The van der Waals surface area contributed by atoms with Gasteiger partial charge in [0, 0.05) is 17.7 Å². The van der Waals surface area contributed by atoms with Crippen molar-refractivity contribution in [3.05, 3.63) is 51.2 Å². The maximum atomic E-state index is 13.6. The second-order valence-corrected chi connectivity index (χ2v) is 4.92. The minimum atomic E-state index is -1.27. The predicted molar refractivity (Wildman–Crippen MR) is 71.1 cm³/mol. The molecule has 0 spiro atoms. The molecule has 0 atom stereocenters. The highest BCUT2D eigenvalue weighted by molar-refractivity contribution is 5.54.